The van der Waals surface area contributed by atoms with Crippen LogP contribution in [-0.2, 0) is 13.6 Å². The number of rotatable bonds is 5. The van der Waals surface area contributed by atoms with Crippen molar-refractivity contribution < 1.29 is 14.1 Å². The Morgan fingerprint density at radius 2 is 2.19 bits per heavy atom. The van der Waals surface area contributed by atoms with Crippen molar-refractivity contribution in [3.8, 4) is 0 Å². The van der Waals surface area contributed by atoms with Crippen LogP contribution in [0.25, 0.3) is 0 Å². The van der Waals surface area contributed by atoms with Gasteiger partial charge >= 0.3 is 5.69 Å². The molecule has 9 nitrogen and oxygen atoms in total. The predicted molar refractivity (Wildman–Crippen MR) is 95.3 cm³/mol. The molecule has 0 saturated carbocycles. The first kappa shape index (κ1) is 18.5. The Kier molecular flexibility index (Phi) is 4.91. The molecule has 0 aliphatic heterocycles. The zero-order valence-corrected chi connectivity index (χ0v) is 15.1. The molecule has 27 heavy (non-hydrogen) atoms. The van der Waals surface area contributed by atoms with Gasteiger partial charge in [0.2, 0.25) is 5.69 Å². The van der Waals surface area contributed by atoms with Crippen LogP contribution >= 0.6 is 11.6 Å². The monoisotopic (exact) mass is 392 g/mol. The van der Waals surface area contributed by atoms with Gasteiger partial charge in [-0.25, -0.2) is 4.39 Å². The van der Waals surface area contributed by atoms with Crippen LogP contribution in [0.3, 0.4) is 0 Å². The van der Waals surface area contributed by atoms with Crippen LogP contribution in [0, 0.1) is 22.9 Å². The number of hydrogen-bond donors (Lipinski definition) is 1. The Morgan fingerprint density at radius 3 is 2.85 bits per heavy atom. The molecule has 0 radical (unpaired) electrons. The third kappa shape index (κ3) is 3.80. The molecule has 0 fully saturated rings. The largest absolute Gasteiger partial charge is 0.322 e. The number of hydrogen-bond acceptors (Lipinski definition) is 5. The predicted octanol–water partition coefficient (Wildman–Crippen LogP) is 2.93. The van der Waals surface area contributed by atoms with Crippen LogP contribution in [0.15, 0.2) is 30.6 Å². The van der Waals surface area contributed by atoms with E-state index >= 15 is 0 Å². The van der Waals surface area contributed by atoms with Crippen LogP contribution in [0.5, 0.6) is 0 Å². The molecule has 11 heteroatoms. The summed E-state index contributed by atoms with van der Waals surface area (Å²) in [4.78, 5) is 22.9. The van der Waals surface area contributed by atoms with E-state index in [2.05, 4.69) is 15.5 Å². The fourth-order valence-corrected chi connectivity index (χ4v) is 2.72. The lowest BCUT2D eigenvalue weighted by atomic mass is 10.2. The summed E-state index contributed by atoms with van der Waals surface area (Å²) in [5, 5.41) is 22.0. The van der Waals surface area contributed by atoms with Crippen LogP contribution in [0.1, 0.15) is 21.7 Å². The van der Waals surface area contributed by atoms with E-state index in [0.29, 0.717) is 11.3 Å². The number of nitrogens with zero attached hydrogens (tertiary/aromatic N) is 5. The van der Waals surface area contributed by atoms with Gasteiger partial charge in [0.25, 0.3) is 5.91 Å². The fraction of sp³-hybridized carbons (Fsp3) is 0.188. The number of carbonyl (C=O) groups excluding carboxylic acids is 1. The molecule has 0 spiro atoms. The Balaban J connectivity index is 1.77. The van der Waals surface area contributed by atoms with E-state index in [1.807, 2.05) is 0 Å². The number of nitro groups is 1. The summed E-state index contributed by atoms with van der Waals surface area (Å²) in [6.45, 7) is 1.77. The summed E-state index contributed by atoms with van der Waals surface area (Å²) < 4.78 is 15.9. The summed E-state index contributed by atoms with van der Waals surface area (Å²) in [7, 11) is 1.52. The molecule has 1 aromatic carbocycles. The minimum Gasteiger partial charge on any atom is -0.318 e. The van der Waals surface area contributed by atoms with Crippen molar-refractivity contribution in [1.29, 1.82) is 0 Å². The molecule has 0 atom stereocenters. The number of carbonyl (C=O) groups is 1. The molecule has 1 N–H and O–H groups in total. The third-order valence-corrected chi connectivity index (χ3v) is 4.29. The molecule has 3 rings (SSSR count). The first-order valence-corrected chi connectivity index (χ1v) is 8.09. The maximum atomic E-state index is 13.1. The van der Waals surface area contributed by atoms with Crippen LogP contribution in [0.2, 0.25) is 5.02 Å². The van der Waals surface area contributed by atoms with Gasteiger partial charge in [0.15, 0.2) is 0 Å². The van der Waals surface area contributed by atoms with E-state index in [1.54, 1.807) is 0 Å². The average Bonchev–Trinajstić information content (AvgIpc) is 3.15. The summed E-state index contributed by atoms with van der Waals surface area (Å²) in [5.41, 5.74) is 0.618. The SMILES string of the molecule is Cc1c([N+](=O)[O-])c(C(=O)Nc2cnn(Cc3ccc(F)cc3Cl)c2)nn1C. The van der Waals surface area contributed by atoms with E-state index in [0.717, 1.165) is 0 Å². The molecule has 2 aromatic heterocycles. The fourth-order valence-electron chi connectivity index (χ4n) is 2.50. The van der Waals surface area contributed by atoms with Crippen molar-refractivity contribution in [2.45, 2.75) is 13.5 Å². The molecule has 0 bridgehead atoms. The number of anilines is 1. The van der Waals surface area contributed by atoms with Crippen molar-refractivity contribution in [1.82, 2.24) is 19.6 Å². The van der Waals surface area contributed by atoms with Crippen molar-refractivity contribution in [3.05, 3.63) is 68.5 Å². The Labute approximate surface area is 157 Å². The lowest BCUT2D eigenvalue weighted by Gasteiger charge is -2.04. The minimum atomic E-state index is -0.718. The zero-order valence-electron chi connectivity index (χ0n) is 14.3. The maximum Gasteiger partial charge on any atom is 0.322 e. The topological polar surface area (TPSA) is 108 Å². The Morgan fingerprint density at radius 1 is 1.44 bits per heavy atom. The molecular formula is C16H14ClFN6O3. The lowest BCUT2D eigenvalue weighted by Crippen LogP contribution is -2.14. The van der Waals surface area contributed by atoms with Gasteiger partial charge in [-0.05, 0) is 24.6 Å². The van der Waals surface area contributed by atoms with Gasteiger partial charge in [0, 0.05) is 18.3 Å². The normalized spacial score (nSPS) is 10.8. The molecule has 0 unspecified atom stereocenters. The van der Waals surface area contributed by atoms with Crippen LogP contribution in [-0.4, -0.2) is 30.4 Å². The molecule has 1 amide bonds. The zero-order chi connectivity index (χ0) is 19.7. The molecule has 3 aromatic rings. The van der Waals surface area contributed by atoms with E-state index in [9.17, 15) is 19.3 Å². The number of amides is 1. The number of aromatic nitrogens is 4. The summed E-state index contributed by atoms with van der Waals surface area (Å²) in [6, 6.07) is 4.03. The van der Waals surface area contributed by atoms with Gasteiger partial charge in [-0.15, -0.1) is 0 Å². The molecular weight excluding hydrogens is 379 g/mol. The van der Waals surface area contributed by atoms with Crippen molar-refractivity contribution in [2.75, 3.05) is 5.32 Å². The van der Waals surface area contributed by atoms with E-state index in [4.69, 9.17) is 11.6 Å². The summed E-state index contributed by atoms with van der Waals surface area (Å²) >= 11 is 5.99. The highest BCUT2D eigenvalue weighted by atomic mass is 35.5. The smallest absolute Gasteiger partial charge is 0.318 e. The van der Waals surface area contributed by atoms with Gasteiger partial charge in [-0.1, -0.05) is 17.7 Å². The summed E-state index contributed by atoms with van der Waals surface area (Å²) in [6.07, 6.45) is 2.91. The molecule has 0 aliphatic rings. The van der Waals surface area contributed by atoms with Gasteiger partial charge < -0.3 is 5.32 Å². The van der Waals surface area contributed by atoms with E-state index in [-0.39, 0.29) is 28.6 Å². The second-order valence-corrected chi connectivity index (χ2v) is 6.19. The minimum absolute atomic E-state index is 0.260. The summed E-state index contributed by atoms with van der Waals surface area (Å²) in [5.74, 6) is -1.16. The number of halogens is 2. The average molecular weight is 393 g/mol. The maximum absolute atomic E-state index is 13.1. The molecule has 2 heterocycles. The standard InChI is InChI=1S/C16H14ClFN6O3/c1-9-15(24(26)27)14(21-22(9)2)16(25)20-12-6-19-23(8-12)7-10-3-4-11(18)5-13(10)17/h3-6,8H,7H2,1-2H3,(H,20,25). The second kappa shape index (κ2) is 7.16. The number of nitrogens with one attached hydrogen (secondary N) is 1. The lowest BCUT2D eigenvalue weighted by molar-refractivity contribution is -0.385. The molecule has 0 aliphatic carbocycles. The van der Waals surface area contributed by atoms with Crippen LogP contribution in [0.4, 0.5) is 15.8 Å². The highest BCUT2D eigenvalue weighted by Crippen LogP contribution is 2.23. The van der Waals surface area contributed by atoms with Gasteiger partial charge in [0.1, 0.15) is 11.5 Å². The van der Waals surface area contributed by atoms with Crippen LogP contribution < -0.4 is 5.32 Å². The first-order valence-electron chi connectivity index (χ1n) is 7.72. The highest BCUT2D eigenvalue weighted by Gasteiger charge is 2.29. The van der Waals surface area contributed by atoms with Crippen molar-refractivity contribution >= 4 is 28.9 Å². The third-order valence-electron chi connectivity index (χ3n) is 3.94. The van der Waals surface area contributed by atoms with Gasteiger partial charge in [0.05, 0.1) is 23.4 Å². The highest BCUT2D eigenvalue weighted by molar-refractivity contribution is 6.31. The number of aryl methyl sites for hydroxylation is 1. The molecule has 0 saturated heterocycles. The van der Waals surface area contributed by atoms with E-state index < -0.39 is 16.6 Å². The van der Waals surface area contributed by atoms with Crippen molar-refractivity contribution in [3.63, 3.8) is 0 Å². The molecule has 140 valence electrons. The van der Waals surface area contributed by atoms with Crippen molar-refractivity contribution in [2.24, 2.45) is 7.05 Å². The Bertz CT molecular complexity index is 1040. The first-order chi connectivity index (χ1) is 12.8. The van der Waals surface area contributed by atoms with Gasteiger partial charge in [-0.2, -0.15) is 10.2 Å². The Hall–Kier alpha value is -3.27. The number of benzene rings is 1. The quantitative estimate of drug-likeness (QED) is 0.530. The second-order valence-electron chi connectivity index (χ2n) is 5.78. The van der Waals surface area contributed by atoms with Gasteiger partial charge in [-0.3, -0.25) is 24.3 Å². The van der Waals surface area contributed by atoms with E-state index in [1.165, 1.54) is 53.9 Å².